The van der Waals surface area contributed by atoms with Crippen molar-refractivity contribution in [2.24, 2.45) is 0 Å². The monoisotopic (exact) mass is 1080 g/mol. The highest BCUT2D eigenvalue weighted by molar-refractivity contribution is 7.21. The van der Waals surface area contributed by atoms with Gasteiger partial charge in [0, 0.05) is 33.5 Å². The summed E-state index contributed by atoms with van der Waals surface area (Å²) in [7, 11) is -6.54. The molecule has 0 N–H and O–H groups in total. The molecule has 2 heterocycles. The second kappa shape index (κ2) is 20.5. The topological polar surface area (TPSA) is 8.17 Å². The van der Waals surface area contributed by atoms with Gasteiger partial charge in [-0.25, -0.2) is 0 Å². The Morgan fingerprint density at radius 3 is 1.44 bits per heavy atom. The van der Waals surface area contributed by atoms with Crippen LogP contribution in [-0.4, -0.2) is 20.7 Å². The lowest BCUT2D eigenvalue weighted by atomic mass is 9.90. The van der Waals surface area contributed by atoms with E-state index in [0.717, 1.165) is 93.0 Å². The van der Waals surface area contributed by atoms with Crippen LogP contribution in [0.15, 0.2) is 340 Å². The predicted molar refractivity (Wildman–Crippen MR) is 353 cm³/mol. The molecule has 0 atom stereocenters. The summed E-state index contributed by atoms with van der Waals surface area (Å²) in [5.41, 5.74) is 10.8. The third kappa shape index (κ3) is 7.90. The number of fused-ring (bicyclic) bond motifs is 5. The Kier molecular flexibility index (Phi) is 10.9. The smallest absolute Gasteiger partial charge is 0.184 e. The largest absolute Gasteiger partial charge is 0.311 e. The zero-order valence-electron chi connectivity index (χ0n) is 49.8. The summed E-state index contributed by atoms with van der Waals surface area (Å²) in [5.74, 6) is 0. The minimum Gasteiger partial charge on any atom is -0.311 e. The molecule has 0 amide bonds. The SMILES string of the molecule is [2H]c1c([2H])c([2H])c(N2c3cc(-c4cc(-c5ccccc5)ccc4-c4ccccc4)ccc3[Si](c3ccccc3)(c3ccccc3)c3cc(-n4c5ccccc5c5ccc([Si](c6ccccc6)(c6ccccc6)c6ccccc6)cc54)ccc32)c([2H])c1[2H]. The van der Waals surface area contributed by atoms with Crippen molar-refractivity contribution in [3.63, 3.8) is 0 Å². The number of benzene rings is 13. The van der Waals surface area contributed by atoms with Gasteiger partial charge in [0.2, 0.25) is 0 Å². The van der Waals surface area contributed by atoms with Crippen LogP contribution in [0.3, 0.4) is 0 Å². The Morgan fingerprint density at radius 1 is 0.305 bits per heavy atom. The van der Waals surface area contributed by atoms with Gasteiger partial charge in [-0.05, 0) is 129 Å². The molecule has 4 heteroatoms. The van der Waals surface area contributed by atoms with E-state index in [1.165, 1.54) is 20.7 Å². The average molecular weight is 1080 g/mol. The Hall–Kier alpha value is -10.1. The molecule has 0 radical (unpaired) electrons. The number of rotatable bonds is 11. The molecule has 1 aliphatic rings. The number of para-hydroxylation sites is 2. The van der Waals surface area contributed by atoms with Gasteiger partial charge in [-0.3, -0.25) is 0 Å². The van der Waals surface area contributed by atoms with Crippen LogP contribution in [0.4, 0.5) is 17.1 Å². The minimum absolute atomic E-state index is 0.0870. The molecule has 15 rings (SSSR count). The van der Waals surface area contributed by atoms with Crippen molar-refractivity contribution in [1.29, 1.82) is 0 Å². The normalized spacial score (nSPS) is 13.6. The first-order chi connectivity index (χ1) is 42.8. The highest BCUT2D eigenvalue weighted by atomic mass is 28.3. The summed E-state index contributed by atoms with van der Waals surface area (Å²) in [5, 5.41) is 11.7. The molecule has 0 aliphatic carbocycles. The molecule has 82 heavy (non-hydrogen) atoms. The van der Waals surface area contributed by atoms with E-state index < -0.39 is 34.3 Å². The first kappa shape index (κ1) is 43.7. The molecule has 1 aliphatic heterocycles. The fourth-order valence-corrected chi connectivity index (χ4v) is 23.3. The maximum atomic E-state index is 9.86. The molecule has 14 aromatic rings. The van der Waals surface area contributed by atoms with Crippen LogP contribution in [0.1, 0.15) is 6.85 Å². The van der Waals surface area contributed by atoms with E-state index in [-0.39, 0.29) is 17.8 Å². The molecule has 0 saturated heterocycles. The minimum atomic E-state index is -3.54. The molecule has 13 aromatic carbocycles. The highest BCUT2D eigenvalue weighted by Crippen LogP contribution is 2.44. The molecule has 1 aromatic heterocycles. The Labute approximate surface area is 488 Å². The van der Waals surface area contributed by atoms with Crippen LogP contribution in [-0.2, 0) is 0 Å². The molecule has 2 nitrogen and oxygen atoms in total. The number of hydrogen-bond donors (Lipinski definition) is 0. The zero-order chi connectivity index (χ0) is 58.8. The van der Waals surface area contributed by atoms with Crippen molar-refractivity contribution in [2.45, 2.75) is 0 Å². The summed E-state index contributed by atoms with van der Waals surface area (Å²) in [4.78, 5) is 1.99. The maximum Gasteiger partial charge on any atom is 0.184 e. The number of nitrogens with zero attached hydrogens (tertiary/aromatic N) is 2. The Morgan fingerprint density at radius 2 is 0.829 bits per heavy atom. The van der Waals surface area contributed by atoms with Gasteiger partial charge in [0.1, 0.15) is 0 Å². The van der Waals surface area contributed by atoms with Crippen LogP contribution < -0.4 is 46.4 Å². The van der Waals surface area contributed by atoms with Crippen LogP contribution in [0.25, 0.3) is 60.9 Å². The van der Waals surface area contributed by atoms with E-state index in [0.29, 0.717) is 0 Å². The van der Waals surface area contributed by atoms with Crippen molar-refractivity contribution in [3.05, 3.63) is 340 Å². The van der Waals surface area contributed by atoms with Crippen LogP contribution in [0.5, 0.6) is 0 Å². The quantitative estimate of drug-likeness (QED) is 0.0926. The molecule has 386 valence electrons. The van der Waals surface area contributed by atoms with Gasteiger partial charge >= 0.3 is 0 Å². The molecular formula is C78H56N2Si2. The lowest BCUT2D eigenvalue weighted by molar-refractivity contribution is 1.18. The van der Waals surface area contributed by atoms with Crippen LogP contribution >= 0.6 is 0 Å². The molecular weight excluding hydrogens is 1020 g/mol. The Balaban J connectivity index is 1.06. The molecule has 0 bridgehead atoms. The van der Waals surface area contributed by atoms with Crippen molar-refractivity contribution in [3.8, 4) is 39.1 Å². The van der Waals surface area contributed by atoms with E-state index in [1.54, 1.807) is 0 Å². The molecule has 0 saturated carbocycles. The molecule has 0 unspecified atom stereocenters. The van der Waals surface area contributed by atoms with E-state index in [1.807, 2.05) is 17.0 Å². The van der Waals surface area contributed by atoms with Gasteiger partial charge in [0.25, 0.3) is 0 Å². The fourth-order valence-electron chi connectivity index (χ4n) is 13.4. The van der Waals surface area contributed by atoms with Gasteiger partial charge in [-0.2, -0.15) is 0 Å². The highest BCUT2D eigenvalue weighted by Gasteiger charge is 2.49. The molecule has 0 fully saturated rings. The second-order valence-corrected chi connectivity index (χ2v) is 28.7. The van der Waals surface area contributed by atoms with Gasteiger partial charge in [0.15, 0.2) is 16.1 Å². The Bertz CT molecular complexity index is 4750. The average Bonchev–Trinajstić information content (AvgIpc) is 1.11. The van der Waals surface area contributed by atoms with E-state index in [9.17, 15) is 5.48 Å². The van der Waals surface area contributed by atoms with Crippen LogP contribution in [0, 0.1) is 0 Å². The van der Waals surface area contributed by atoms with Crippen molar-refractivity contribution in [2.75, 3.05) is 4.90 Å². The summed E-state index contributed by atoms with van der Waals surface area (Å²) in [6.45, 7) is 0. The van der Waals surface area contributed by atoms with Gasteiger partial charge in [-0.15, -0.1) is 0 Å². The zero-order valence-corrected chi connectivity index (χ0v) is 46.8. The fraction of sp³-hybridized carbons (Fsp3) is 0. The van der Waals surface area contributed by atoms with E-state index >= 15 is 0 Å². The number of hydrogen-bond acceptors (Lipinski definition) is 1. The summed E-state index contributed by atoms with van der Waals surface area (Å²) in [6, 6.07) is 110. The van der Waals surface area contributed by atoms with E-state index in [2.05, 4.69) is 302 Å². The summed E-state index contributed by atoms with van der Waals surface area (Å²) >= 11 is 0. The summed E-state index contributed by atoms with van der Waals surface area (Å²) in [6.07, 6.45) is 0. The standard InChI is InChI=1S/C78H56N2Si2/c1-9-27-57(28-10-1)59-45-49-69(58-29-11-2-12-30-58)72(53-59)60-46-52-77-76(54-60)79(61-31-13-3-14-32-61)74-51-47-62(55-78(74)82(77,66-39-21-7-22-40-66)67-41-23-8-24-42-67)80-73-44-26-25-43-70(73)71-50-48-68(56-75(71)80)81(63-33-15-4-16-34-63,64-35-17-5-18-36-64)65-37-19-6-20-38-65/h1-56H/i3D,13D,14D,31D,32D. The van der Waals surface area contributed by atoms with Gasteiger partial charge in [0.05, 0.1) is 17.9 Å². The maximum absolute atomic E-state index is 9.86. The number of anilines is 3. The van der Waals surface area contributed by atoms with Crippen LogP contribution in [0.2, 0.25) is 0 Å². The lowest BCUT2D eigenvalue weighted by Crippen LogP contribution is -2.77. The van der Waals surface area contributed by atoms with Crippen molar-refractivity contribution < 1.29 is 6.85 Å². The third-order valence-electron chi connectivity index (χ3n) is 16.9. The number of aromatic nitrogens is 1. The van der Waals surface area contributed by atoms with Gasteiger partial charge in [-0.1, -0.05) is 285 Å². The second-order valence-electron chi connectivity index (χ2n) is 21.1. The molecule has 0 spiro atoms. The van der Waals surface area contributed by atoms with Crippen molar-refractivity contribution >= 4 is 96.5 Å². The third-order valence-corrected chi connectivity index (χ3v) is 26.5. The van der Waals surface area contributed by atoms with Gasteiger partial charge < -0.3 is 9.47 Å². The lowest BCUT2D eigenvalue weighted by Gasteiger charge is -2.45. The first-order valence-corrected chi connectivity index (χ1v) is 32.0. The van der Waals surface area contributed by atoms with E-state index in [4.69, 9.17) is 1.37 Å². The first-order valence-electron chi connectivity index (χ1n) is 30.5. The summed E-state index contributed by atoms with van der Waals surface area (Å²) < 4.78 is 49.6. The van der Waals surface area contributed by atoms with Crippen molar-refractivity contribution in [1.82, 2.24) is 4.57 Å². The predicted octanol–water partition coefficient (Wildman–Crippen LogP) is 14.3.